The molecule has 154 valence electrons. The van der Waals surface area contributed by atoms with E-state index in [-0.39, 0.29) is 25.0 Å². The molecule has 0 aliphatic rings. The number of fused-ring (bicyclic) bond motifs is 1. The fourth-order valence-electron chi connectivity index (χ4n) is 3.10. The molecule has 0 aliphatic carbocycles. The van der Waals surface area contributed by atoms with E-state index in [0.29, 0.717) is 11.3 Å². The van der Waals surface area contributed by atoms with Gasteiger partial charge in [-0.05, 0) is 54.4 Å². The maximum absolute atomic E-state index is 12.2. The molecule has 0 saturated carbocycles. The van der Waals surface area contributed by atoms with E-state index in [0.717, 1.165) is 16.3 Å². The standard InChI is InChI=1S/C24H23NO5/c1-16(21-9-5-7-19-6-3-4-8-22(19)21)25-23(27)14-30-24(28)15-29-20-12-10-18(11-13-20)17(2)26/h3-13,16H,14-15H2,1-2H3,(H,25,27)/t16-/m1/s1. The van der Waals surface area contributed by atoms with Gasteiger partial charge in [0.05, 0.1) is 6.04 Å². The van der Waals surface area contributed by atoms with E-state index in [1.54, 1.807) is 24.3 Å². The predicted octanol–water partition coefficient (Wildman–Crippen LogP) is 3.84. The maximum Gasteiger partial charge on any atom is 0.344 e. The number of nitrogens with one attached hydrogen (secondary N) is 1. The second kappa shape index (κ2) is 9.69. The van der Waals surface area contributed by atoms with Crippen molar-refractivity contribution in [3.8, 4) is 5.75 Å². The van der Waals surface area contributed by atoms with Crippen LogP contribution in [0.3, 0.4) is 0 Å². The van der Waals surface area contributed by atoms with Gasteiger partial charge in [-0.15, -0.1) is 0 Å². The number of ether oxygens (including phenoxy) is 2. The molecule has 30 heavy (non-hydrogen) atoms. The number of amides is 1. The van der Waals surface area contributed by atoms with Crippen molar-refractivity contribution in [2.24, 2.45) is 0 Å². The van der Waals surface area contributed by atoms with Gasteiger partial charge < -0.3 is 14.8 Å². The van der Waals surface area contributed by atoms with Crippen molar-refractivity contribution in [1.82, 2.24) is 5.32 Å². The normalized spacial score (nSPS) is 11.5. The average molecular weight is 405 g/mol. The van der Waals surface area contributed by atoms with E-state index in [2.05, 4.69) is 5.32 Å². The highest BCUT2D eigenvalue weighted by Crippen LogP contribution is 2.23. The summed E-state index contributed by atoms with van der Waals surface area (Å²) in [7, 11) is 0. The number of Topliss-reactive ketones (excluding diaryl/α,β-unsaturated/α-hetero) is 1. The van der Waals surface area contributed by atoms with Crippen LogP contribution in [0.2, 0.25) is 0 Å². The number of ketones is 1. The number of benzene rings is 3. The Bertz CT molecular complexity index is 1050. The average Bonchev–Trinajstić information content (AvgIpc) is 2.76. The van der Waals surface area contributed by atoms with Crippen LogP contribution < -0.4 is 10.1 Å². The molecular weight excluding hydrogens is 382 g/mol. The molecule has 3 aromatic carbocycles. The molecule has 1 N–H and O–H groups in total. The van der Waals surface area contributed by atoms with E-state index < -0.39 is 11.9 Å². The Morgan fingerprint density at radius 1 is 0.900 bits per heavy atom. The van der Waals surface area contributed by atoms with Gasteiger partial charge in [0.25, 0.3) is 5.91 Å². The van der Waals surface area contributed by atoms with Crippen molar-refractivity contribution >= 4 is 28.4 Å². The number of rotatable bonds is 8. The van der Waals surface area contributed by atoms with Gasteiger partial charge in [0.2, 0.25) is 0 Å². The molecule has 1 amide bonds. The fourth-order valence-corrected chi connectivity index (χ4v) is 3.10. The first-order valence-corrected chi connectivity index (χ1v) is 9.60. The first-order chi connectivity index (χ1) is 14.4. The Morgan fingerprint density at radius 3 is 2.33 bits per heavy atom. The lowest BCUT2D eigenvalue weighted by atomic mass is 10.00. The van der Waals surface area contributed by atoms with E-state index in [1.165, 1.54) is 6.92 Å². The van der Waals surface area contributed by atoms with Crippen LogP contribution in [-0.4, -0.2) is 30.9 Å². The Kier molecular flexibility index (Phi) is 6.80. The third-order valence-electron chi connectivity index (χ3n) is 4.65. The van der Waals surface area contributed by atoms with Crippen molar-refractivity contribution in [2.45, 2.75) is 19.9 Å². The summed E-state index contributed by atoms with van der Waals surface area (Å²) in [5, 5.41) is 5.00. The summed E-state index contributed by atoms with van der Waals surface area (Å²) in [6, 6.07) is 20.1. The van der Waals surface area contributed by atoms with Crippen LogP contribution in [0.5, 0.6) is 5.75 Å². The third-order valence-corrected chi connectivity index (χ3v) is 4.65. The quantitative estimate of drug-likeness (QED) is 0.455. The highest BCUT2D eigenvalue weighted by molar-refractivity contribution is 5.94. The number of hydrogen-bond donors (Lipinski definition) is 1. The summed E-state index contributed by atoms with van der Waals surface area (Å²) in [5.74, 6) is -0.663. The van der Waals surface area contributed by atoms with Gasteiger partial charge >= 0.3 is 5.97 Å². The summed E-state index contributed by atoms with van der Waals surface area (Å²) in [6.07, 6.45) is 0. The second-order valence-electron chi connectivity index (χ2n) is 6.89. The van der Waals surface area contributed by atoms with Crippen LogP contribution in [0.25, 0.3) is 10.8 Å². The lowest BCUT2D eigenvalue weighted by Gasteiger charge is -2.16. The topological polar surface area (TPSA) is 81.7 Å². The molecule has 0 heterocycles. The zero-order valence-corrected chi connectivity index (χ0v) is 16.9. The number of hydrogen-bond acceptors (Lipinski definition) is 5. The maximum atomic E-state index is 12.2. The van der Waals surface area contributed by atoms with Gasteiger partial charge in [0, 0.05) is 5.56 Å². The van der Waals surface area contributed by atoms with Crippen molar-refractivity contribution in [3.05, 3.63) is 77.9 Å². The molecule has 0 fully saturated rings. The molecule has 0 bridgehead atoms. The minimum atomic E-state index is -0.654. The summed E-state index contributed by atoms with van der Waals surface area (Å²) < 4.78 is 10.3. The van der Waals surface area contributed by atoms with Gasteiger partial charge in [-0.25, -0.2) is 4.79 Å². The summed E-state index contributed by atoms with van der Waals surface area (Å²) >= 11 is 0. The van der Waals surface area contributed by atoms with Gasteiger partial charge in [-0.1, -0.05) is 42.5 Å². The van der Waals surface area contributed by atoms with Crippen LogP contribution >= 0.6 is 0 Å². The van der Waals surface area contributed by atoms with Crippen molar-refractivity contribution in [1.29, 1.82) is 0 Å². The first-order valence-electron chi connectivity index (χ1n) is 9.60. The molecule has 3 aromatic rings. The molecule has 0 radical (unpaired) electrons. The Hall–Kier alpha value is -3.67. The van der Waals surface area contributed by atoms with Gasteiger partial charge in [0.1, 0.15) is 5.75 Å². The zero-order valence-electron chi connectivity index (χ0n) is 16.9. The van der Waals surface area contributed by atoms with Crippen molar-refractivity contribution < 1.29 is 23.9 Å². The van der Waals surface area contributed by atoms with Gasteiger partial charge in [-0.3, -0.25) is 9.59 Å². The smallest absolute Gasteiger partial charge is 0.344 e. The minimum Gasteiger partial charge on any atom is -0.482 e. The SMILES string of the molecule is CC(=O)c1ccc(OCC(=O)OCC(=O)N[C@H](C)c2cccc3ccccc23)cc1. The minimum absolute atomic E-state index is 0.0512. The molecule has 6 nitrogen and oxygen atoms in total. The molecule has 0 spiro atoms. The fraction of sp³-hybridized carbons (Fsp3) is 0.208. The number of carbonyl (C=O) groups is 3. The van der Waals surface area contributed by atoms with Crippen LogP contribution in [0, 0.1) is 0 Å². The Labute approximate surface area is 174 Å². The van der Waals surface area contributed by atoms with Crippen LogP contribution in [0.15, 0.2) is 66.7 Å². The molecule has 0 aliphatic heterocycles. The first kappa shape index (κ1) is 21.0. The van der Waals surface area contributed by atoms with Crippen molar-refractivity contribution in [2.75, 3.05) is 13.2 Å². The number of carbonyl (C=O) groups excluding carboxylic acids is 3. The lowest BCUT2D eigenvalue weighted by Crippen LogP contribution is -2.32. The molecule has 1 atom stereocenters. The summed E-state index contributed by atoms with van der Waals surface area (Å²) in [4.78, 5) is 35.3. The molecule has 3 rings (SSSR count). The zero-order chi connectivity index (χ0) is 21.5. The molecule has 0 saturated heterocycles. The molecule has 6 heteroatoms. The monoisotopic (exact) mass is 405 g/mol. The predicted molar refractivity (Wildman–Crippen MR) is 113 cm³/mol. The van der Waals surface area contributed by atoms with Gasteiger partial charge in [0.15, 0.2) is 19.0 Å². The second-order valence-corrected chi connectivity index (χ2v) is 6.89. The van der Waals surface area contributed by atoms with E-state index in [9.17, 15) is 14.4 Å². The van der Waals surface area contributed by atoms with Crippen molar-refractivity contribution in [3.63, 3.8) is 0 Å². The molecule has 0 aromatic heterocycles. The highest BCUT2D eigenvalue weighted by Gasteiger charge is 2.14. The van der Waals surface area contributed by atoms with E-state index >= 15 is 0 Å². The van der Waals surface area contributed by atoms with Crippen LogP contribution in [0.4, 0.5) is 0 Å². The lowest BCUT2D eigenvalue weighted by molar-refractivity contribution is -0.150. The third kappa shape index (κ3) is 5.44. The Morgan fingerprint density at radius 2 is 1.60 bits per heavy atom. The van der Waals surface area contributed by atoms with Gasteiger partial charge in [-0.2, -0.15) is 0 Å². The summed E-state index contributed by atoms with van der Waals surface area (Å²) in [6.45, 7) is 2.64. The highest BCUT2D eigenvalue weighted by atomic mass is 16.6. The summed E-state index contributed by atoms with van der Waals surface area (Å²) in [5.41, 5.74) is 1.55. The molecule has 0 unspecified atom stereocenters. The molecular formula is C24H23NO5. The van der Waals surface area contributed by atoms with Crippen LogP contribution in [0.1, 0.15) is 35.8 Å². The van der Waals surface area contributed by atoms with Crippen LogP contribution in [-0.2, 0) is 14.3 Å². The largest absolute Gasteiger partial charge is 0.482 e. The number of esters is 1. The van der Waals surface area contributed by atoms with E-state index in [1.807, 2.05) is 49.4 Å². The Balaban J connectivity index is 1.46. The van der Waals surface area contributed by atoms with E-state index in [4.69, 9.17) is 9.47 Å².